The smallest absolute Gasteiger partial charge is 0.466 e. The zero-order valence-electron chi connectivity index (χ0n) is 11.9. The molecular weight excluding hydrogens is 263 g/mol. The van der Waals surface area contributed by atoms with Crippen LogP contribution < -0.4 is 10.2 Å². The topological polar surface area (TPSA) is 45.1 Å². The maximum absolute atomic E-state index is 10.0. The lowest BCUT2D eigenvalue weighted by Crippen LogP contribution is -2.47. The number of fused-ring (bicyclic) bond motifs is 1. The summed E-state index contributed by atoms with van der Waals surface area (Å²) in [6.45, 7) is 0.627. The second kappa shape index (κ2) is 6.02. The molecule has 21 heavy (non-hydrogen) atoms. The summed E-state index contributed by atoms with van der Waals surface area (Å²) in [5.41, 5.74) is 3.01. The van der Waals surface area contributed by atoms with E-state index in [2.05, 4.69) is 17.2 Å². The minimum atomic E-state index is -0.691. The van der Waals surface area contributed by atoms with Crippen LogP contribution in [0.3, 0.4) is 0 Å². The molecule has 1 N–H and O–H groups in total. The fourth-order valence-corrected chi connectivity index (χ4v) is 2.34. The molecule has 0 radical (unpaired) electrons. The molecule has 106 valence electrons. The molecule has 0 saturated carbocycles. The molecule has 0 unspecified atom stereocenters. The number of hydrogen-bond donors (Lipinski definition) is 1. The van der Waals surface area contributed by atoms with Crippen molar-refractivity contribution in [1.29, 1.82) is 0 Å². The zero-order chi connectivity index (χ0) is 14.7. The third-order valence-electron chi connectivity index (χ3n) is 3.57. The highest BCUT2D eigenvalue weighted by Gasteiger charge is 2.26. The summed E-state index contributed by atoms with van der Waals surface area (Å²) in [5.74, 6) is 0.799. The minimum absolute atomic E-state index is 0.627. The average Bonchev–Trinajstić information content (AvgIpc) is 2.52. The maximum atomic E-state index is 10.0. The summed E-state index contributed by atoms with van der Waals surface area (Å²) in [7, 11) is 1.05. The normalized spacial score (nSPS) is 13.2. The van der Waals surface area contributed by atoms with Crippen LogP contribution in [-0.2, 0) is 6.42 Å². The van der Waals surface area contributed by atoms with E-state index in [1.54, 1.807) is 13.3 Å². The summed E-state index contributed by atoms with van der Waals surface area (Å²) in [5, 5.41) is 14.1. The van der Waals surface area contributed by atoms with E-state index >= 15 is 0 Å². The second-order valence-corrected chi connectivity index (χ2v) is 5.07. The van der Waals surface area contributed by atoms with Crippen molar-refractivity contribution in [3.63, 3.8) is 0 Å². The molecule has 0 spiro atoms. The first-order valence-corrected chi connectivity index (χ1v) is 6.99. The van der Waals surface area contributed by atoms with Crippen LogP contribution in [0.2, 0.25) is 0 Å². The lowest BCUT2D eigenvalue weighted by molar-refractivity contribution is 0.322. The third-order valence-corrected chi connectivity index (χ3v) is 3.57. The minimum Gasteiger partial charge on any atom is -0.493 e. The summed E-state index contributed by atoms with van der Waals surface area (Å²) >= 11 is 0. The predicted molar refractivity (Wildman–Crippen MR) is 85.0 cm³/mol. The van der Waals surface area contributed by atoms with Gasteiger partial charge in [0.25, 0.3) is 0 Å². The number of rotatable bonds is 4. The molecule has 0 bridgehead atoms. The Kier molecular flexibility index (Phi) is 3.93. The third kappa shape index (κ3) is 3.08. The Bertz CT molecular complexity index is 646. The van der Waals surface area contributed by atoms with E-state index < -0.39 is 7.05 Å². The van der Waals surface area contributed by atoms with Gasteiger partial charge < -0.3 is 14.7 Å². The summed E-state index contributed by atoms with van der Waals surface area (Å²) in [6, 6.07) is 15.9. The molecule has 0 atom stereocenters. The van der Waals surface area contributed by atoms with Crippen LogP contribution in [0.4, 0.5) is 0 Å². The molecule has 3 rings (SSSR count). The van der Waals surface area contributed by atoms with Crippen LogP contribution in [-0.4, -0.2) is 36.9 Å². The largest absolute Gasteiger partial charge is 0.493 e. The van der Waals surface area contributed by atoms with Gasteiger partial charge in [-0.25, -0.2) is 0 Å². The Morgan fingerprint density at radius 3 is 2.81 bits per heavy atom. The van der Waals surface area contributed by atoms with Gasteiger partial charge >= 0.3 is 7.05 Å². The molecule has 4 nitrogen and oxygen atoms in total. The molecule has 0 aliphatic carbocycles. The Morgan fingerprint density at radius 2 is 2.00 bits per heavy atom. The maximum Gasteiger partial charge on any atom is 0.466 e. The zero-order valence-corrected chi connectivity index (χ0v) is 11.9. The highest BCUT2D eigenvalue weighted by molar-refractivity contribution is 6.65. The Morgan fingerprint density at radius 1 is 1.19 bits per heavy atom. The van der Waals surface area contributed by atoms with E-state index in [1.807, 2.05) is 36.4 Å². The van der Waals surface area contributed by atoms with E-state index in [0.717, 1.165) is 23.2 Å². The summed E-state index contributed by atoms with van der Waals surface area (Å²) in [6.07, 6.45) is 2.61. The van der Waals surface area contributed by atoms with Crippen LogP contribution in [0.25, 0.3) is 0 Å². The molecule has 0 aromatic heterocycles. The van der Waals surface area contributed by atoms with E-state index in [-0.39, 0.29) is 0 Å². The molecule has 2 aromatic rings. The van der Waals surface area contributed by atoms with Gasteiger partial charge in [-0.15, -0.1) is 0 Å². The van der Waals surface area contributed by atoms with Crippen molar-refractivity contribution >= 4 is 18.7 Å². The van der Waals surface area contributed by atoms with E-state index in [9.17, 15) is 5.02 Å². The van der Waals surface area contributed by atoms with Gasteiger partial charge in [0.2, 0.25) is 0 Å². The van der Waals surface area contributed by atoms with Crippen molar-refractivity contribution in [2.45, 2.75) is 6.42 Å². The molecule has 0 amide bonds. The molecular formula is C16H17BN2O2. The van der Waals surface area contributed by atoms with E-state index in [1.165, 1.54) is 10.5 Å². The summed E-state index contributed by atoms with van der Waals surface area (Å²) in [4.78, 5) is 1.53. The van der Waals surface area contributed by atoms with Crippen molar-refractivity contribution in [3.8, 4) is 5.75 Å². The van der Waals surface area contributed by atoms with Crippen LogP contribution in [0.1, 0.15) is 11.1 Å². The molecule has 2 aromatic carbocycles. The van der Waals surface area contributed by atoms with Crippen LogP contribution in [0.5, 0.6) is 5.75 Å². The van der Waals surface area contributed by atoms with Gasteiger partial charge in [-0.2, -0.15) is 5.10 Å². The van der Waals surface area contributed by atoms with Crippen molar-refractivity contribution in [3.05, 3.63) is 59.7 Å². The van der Waals surface area contributed by atoms with Crippen molar-refractivity contribution in [1.82, 2.24) is 4.92 Å². The van der Waals surface area contributed by atoms with Crippen molar-refractivity contribution in [2.24, 2.45) is 5.10 Å². The first kappa shape index (κ1) is 13.7. The van der Waals surface area contributed by atoms with Gasteiger partial charge in [-0.05, 0) is 28.7 Å². The van der Waals surface area contributed by atoms with Crippen LogP contribution in [0.15, 0.2) is 53.6 Å². The molecule has 1 aliphatic heterocycles. The number of ether oxygens (including phenoxy) is 1. The van der Waals surface area contributed by atoms with Crippen molar-refractivity contribution in [2.75, 3.05) is 13.7 Å². The first-order valence-electron chi connectivity index (χ1n) is 6.99. The molecule has 0 saturated heterocycles. The summed E-state index contributed by atoms with van der Waals surface area (Å²) < 4.78 is 5.78. The standard InChI is InChI=1S/C16H17BN2O2/c1-19-17(20)16-8-7-15(11-14(16)12-18-19)21-10-9-13-5-3-2-4-6-13/h2-8,11-12,20H,9-10H2,1H3. The monoisotopic (exact) mass is 280 g/mol. The number of hydrazone groups is 1. The highest BCUT2D eigenvalue weighted by Crippen LogP contribution is 2.14. The van der Waals surface area contributed by atoms with E-state index in [4.69, 9.17) is 4.74 Å². The highest BCUT2D eigenvalue weighted by atomic mass is 16.5. The van der Waals surface area contributed by atoms with Gasteiger partial charge in [0.1, 0.15) is 5.75 Å². The van der Waals surface area contributed by atoms with Gasteiger partial charge in [0, 0.05) is 13.5 Å². The van der Waals surface area contributed by atoms with Gasteiger partial charge in [0.05, 0.1) is 12.8 Å². The van der Waals surface area contributed by atoms with Crippen LogP contribution >= 0.6 is 0 Å². The Balaban J connectivity index is 1.65. The SMILES string of the molecule is CN1N=Cc2cc(OCCc3ccccc3)ccc2B1O. The van der Waals surface area contributed by atoms with Crippen LogP contribution in [0, 0.1) is 0 Å². The number of nitrogens with zero attached hydrogens (tertiary/aromatic N) is 2. The predicted octanol–water partition coefficient (Wildman–Crippen LogP) is 1.27. The van der Waals surface area contributed by atoms with Gasteiger partial charge in [0.15, 0.2) is 0 Å². The number of hydrogen-bond acceptors (Lipinski definition) is 4. The molecule has 1 heterocycles. The Hall–Kier alpha value is -2.27. The average molecular weight is 280 g/mol. The fourth-order valence-electron chi connectivity index (χ4n) is 2.34. The lowest BCUT2D eigenvalue weighted by atomic mass is 9.70. The van der Waals surface area contributed by atoms with Gasteiger partial charge in [-0.3, -0.25) is 0 Å². The van der Waals surface area contributed by atoms with Gasteiger partial charge in [-0.1, -0.05) is 36.4 Å². The molecule has 1 aliphatic rings. The molecule has 5 heteroatoms. The number of benzene rings is 2. The van der Waals surface area contributed by atoms with E-state index in [0.29, 0.717) is 6.61 Å². The second-order valence-electron chi connectivity index (χ2n) is 5.07. The first-order chi connectivity index (χ1) is 10.2. The quantitative estimate of drug-likeness (QED) is 0.858. The molecule has 0 fully saturated rings. The van der Waals surface area contributed by atoms with Crippen molar-refractivity contribution < 1.29 is 9.76 Å². The lowest BCUT2D eigenvalue weighted by Gasteiger charge is -2.22. The fraction of sp³-hybridized carbons (Fsp3) is 0.188. The Labute approximate surface area is 124 Å².